The van der Waals surface area contributed by atoms with E-state index in [0.29, 0.717) is 6.42 Å². The molecular formula is C25H32O3. The van der Waals surface area contributed by atoms with Crippen molar-refractivity contribution in [1.82, 2.24) is 0 Å². The first-order chi connectivity index (χ1) is 13.7. The maximum Gasteiger partial charge on any atom is 0.306 e. The summed E-state index contributed by atoms with van der Waals surface area (Å²) < 4.78 is 11.8. The van der Waals surface area contributed by atoms with Crippen LogP contribution in [0.25, 0.3) is 16.8 Å². The van der Waals surface area contributed by atoms with Crippen molar-refractivity contribution >= 4 is 22.8 Å². The Hall–Kier alpha value is -2.29. The number of hydrogen-bond acceptors (Lipinski definition) is 3. The molecule has 1 unspecified atom stereocenters. The van der Waals surface area contributed by atoms with Crippen molar-refractivity contribution in [3.63, 3.8) is 0 Å². The fourth-order valence-corrected chi connectivity index (χ4v) is 3.80. The van der Waals surface area contributed by atoms with E-state index in [9.17, 15) is 4.79 Å². The number of carbonyl (C=O) groups is 1. The van der Waals surface area contributed by atoms with Crippen molar-refractivity contribution in [2.24, 2.45) is 0 Å². The lowest BCUT2D eigenvalue weighted by Crippen LogP contribution is -2.12. The number of carbonyl (C=O) groups excluding carboxylic acids is 1. The molecule has 0 fully saturated rings. The average molecular weight is 381 g/mol. The lowest BCUT2D eigenvalue weighted by Gasteiger charge is -2.23. The Morgan fingerprint density at radius 2 is 1.79 bits per heavy atom. The third kappa shape index (κ3) is 4.95. The molecule has 0 amide bonds. The molecule has 1 aliphatic rings. The van der Waals surface area contributed by atoms with Crippen LogP contribution in [0.15, 0.2) is 36.4 Å². The first-order valence-electron chi connectivity index (χ1n) is 10.8. The standard InChI is InChI=1S/C25H32O3/c1-3-5-6-7-8-9-18-27-22-16-14-19-12-10-13-20-23(28-24(26)11-4-2)17-15-21(22)25(19)20/h10,12-17,23H,3-9,11,18H2,1-2H3. The first-order valence-corrected chi connectivity index (χ1v) is 10.8. The van der Waals surface area contributed by atoms with Crippen LogP contribution in [0.3, 0.4) is 0 Å². The van der Waals surface area contributed by atoms with Crippen LogP contribution >= 0.6 is 0 Å². The zero-order chi connectivity index (χ0) is 19.8. The van der Waals surface area contributed by atoms with E-state index in [1.165, 1.54) is 32.1 Å². The molecule has 0 bridgehead atoms. The minimum atomic E-state index is -0.316. The quantitative estimate of drug-likeness (QED) is 0.311. The number of rotatable bonds is 11. The van der Waals surface area contributed by atoms with Gasteiger partial charge in [0, 0.05) is 17.5 Å². The summed E-state index contributed by atoms with van der Waals surface area (Å²) in [6, 6.07) is 10.3. The van der Waals surface area contributed by atoms with Crippen molar-refractivity contribution in [2.45, 2.75) is 71.3 Å². The molecule has 0 saturated heterocycles. The summed E-state index contributed by atoms with van der Waals surface area (Å²) in [6.45, 7) is 4.97. The lowest BCUT2D eigenvalue weighted by molar-refractivity contribution is -0.147. The van der Waals surface area contributed by atoms with E-state index in [-0.39, 0.29) is 12.1 Å². The van der Waals surface area contributed by atoms with Crippen LogP contribution < -0.4 is 4.74 Å². The lowest BCUT2D eigenvalue weighted by atomic mass is 9.91. The Kier molecular flexibility index (Phi) is 7.53. The van der Waals surface area contributed by atoms with E-state index < -0.39 is 0 Å². The summed E-state index contributed by atoms with van der Waals surface area (Å²) in [5.41, 5.74) is 2.14. The highest BCUT2D eigenvalue weighted by molar-refractivity contribution is 5.97. The van der Waals surface area contributed by atoms with Gasteiger partial charge in [-0.3, -0.25) is 4.79 Å². The predicted octanol–water partition coefficient (Wildman–Crippen LogP) is 6.99. The molecule has 150 valence electrons. The maximum absolute atomic E-state index is 12.0. The minimum Gasteiger partial charge on any atom is -0.493 e. The summed E-state index contributed by atoms with van der Waals surface area (Å²) in [6.07, 6.45) is 12.5. The summed E-state index contributed by atoms with van der Waals surface area (Å²) in [4.78, 5) is 12.0. The molecule has 2 aromatic rings. The SMILES string of the molecule is CCCCCCCCOc1ccc2cccc3c2c1C=CC3OC(=O)CCC. The number of esters is 1. The van der Waals surface area contributed by atoms with Gasteiger partial charge >= 0.3 is 5.97 Å². The van der Waals surface area contributed by atoms with Gasteiger partial charge in [-0.1, -0.05) is 76.3 Å². The molecule has 3 nitrogen and oxygen atoms in total. The normalized spacial score (nSPS) is 15.0. The molecule has 3 heteroatoms. The zero-order valence-electron chi connectivity index (χ0n) is 17.2. The number of benzene rings is 2. The first kappa shape index (κ1) is 20.4. The van der Waals surface area contributed by atoms with Gasteiger partial charge in [-0.2, -0.15) is 0 Å². The summed E-state index contributed by atoms with van der Waals surface area (Å²) in [5, 5.41) is 2.29. The van der Waals surface area contributed by atoms with Crippen LogP contribution in [0.2, 0.25) is 0 Å². The third-order valence-corrected chi connectivity index (χ3v) is 5.29. The third-order valence-electron chi connectivity index (χ3n) is 5.29. The van der Waals surface area contributed by atoms with Gasteiger partial charge in [0.25, 0.3) is 0 Å². The number of ether oxygens (including phenoxy) is 2. The highest BCUT2D eigenvalue weighted by Crippen LogP contribution is 2.39. The van der Waals surface area contributed by atoms with Crippen LogP contribution in [0.5, 0.6) is 5.75 Å². The van der Waals surface area contributed by atoms with Crippen LogP contribution in [-0.4, -0.2) is 12.6 Å². The molecule has 28 heavy (non-hydrogen) atoms. The van der Waals surface area contributed by atoms with Crippen LogP contribution in [0, 0.1) is 0 Å². The van der Waals surface area contributed by atoms with Crippen molar-refractivity contribution in [2.75, 3.05) is 6.61 Å². The largest absolute Gasteiger partial charge is 0.493 e. The Morgan fingerprint density at radius 1 is 0.964 bits per heavy atom. The second-order valence-corrected chi connectivity index (χ2v) is 7.56. The Bertz CT molecular complexity index is 822. The van der Waals surface area contributed by atoms with Gasteiger partial charge in [0.15, 0.2) is 0 Å². The molecule has 0 N–H and O–H groups in total. The summed E-state index contributed by atoms with van der Waals surface area (Å²) in [5.74, 6) is 0.774. The van der Waals surface area contributed by atoms with E-state index in [1.54, 1.807) is 0 Å². The van der Waals surface area contributed by atoms with Crippen molar-refractivity contribution in [1.29, 1.82) is 0 Å². The summed E-state index contributed by atoms with van der Waals surface area (Å²) in [7, 11) is 0. The monoisotopic (exact) mass is 380 g/mol. The minimum absolute atomic E-state index is 0.145. The van der Waals surface area contributed by atoms with Gasteiger partial charge in [-0.25, -0.2) is 0 Å². The molecule has 3 rings (SSSR count). The molecule has 0 radical (unpaired) electrons. The smallest absolute Gasteiger partial charge is 0.306 e. The number of unbranched alkanes of at least 4 members (excludes halogenated alkanes) is 5. The predicted molar refractivity (Wildman–Crippen MR) is 116 cm³/mol. The average Bonchev–Trinajstić information content (AvgIpc) is 2.70. The highest BCUT2D eigenvalue weighted by Gasteiger charge is 2.22. The second-order valence-electron chi connectivity index (χ2n) is 7.56. The fraction of sp³-hybridized carbons (Fsp3) is 0.480. The number of hydrogen-bond donors (Lipinski definition) is 0. The molecule has 0 spiro atoms. The molecule has 0 aromatic heterocycles. The van der Waals surface area contributed by atoms with Gasteiger partial charge in [0.05, 0.1) is 6.61 Å². The van der Waals surface area contributed by atoms with Gasteiger partial charge in [-0.05, 0) is 35.8 Å². The van der Waals surface area contributed by atoms with E-state index >= 15 is 0 Å². The molecule has 2 aromatic carbocycles. The van der Waals surface area contributed by atoms with Gasteiger partial charge < -0.3 is 9.47 Å². The molecule has 0 saturated carbocycles. The fourth-order valence-electron chi connectivity index (χ4n) is 3.80. The Labute approximate surface area is 168 Å². The van der Waals surface area contributed by atoms with E-state index in [1.807, 2.05) is 19.1 Å². The van der Waals surface area contributed by atoms with Crippen molar-refractivity contribution in [3.8, 4) is 5.75 Å². The topological polar surface area (TPSA) is 35.5 Å². The van der Waals surface area contributed by atoms with E-state index in [2.05, 4.69) is 37.3 Å². The Morgan fingerprint density at radius 3 is 2.61 bits per heavy atom. The molecule has 0 aliphatic heterocycles. The summed E-state index contributed by atoms with van der Waals surface area (Å²) >= 11 is 0. The second kappa shape index (κ2) is 10.3. The molecule has 1 atom stereocenters. The van der Waals surface area contributed by atoms with Gasteiger partial charge in [0.1, 0.15) is 11.9 Å². The van der Waals surface area contributed by atoms with Gasteiger partial charge in [0.2, 0.25) is 0 Å². The van der Waals surface area contributed by atoms with Gasteiger partial charge in [-0.15, -0.1) is 0 Å². The van der Waals surface area contributed by atoms with E-state index in [0.717, 1.165) is 47.1 Å². The maximum atomic E-state index is 12.0. The zero-order valence-corrected chi connectivity index (χ0v) is 17.2. The highest BCUT2D eigenvalue weighted by atomic mass is 16.5. The van der Waals surface area contributed by atoms with Crippen molar-refractivity contribution < 1.29 is 14.3 Å². The molecular weight excluding hydrogens is 348 g/mol. The molecule has 0 heterocycles. The van der Waals surface area contributed by atoms with E-state index in [4.69, 9.17) is 9.47 Å². The molecule has 1 aliphatic carbocycles. The van der Waals surface area contributed by atoms with Crippen molar-refractivity contribution in [3.05, 3.63) is 47.5 Å². The van der Waals surface area contributed by atoms with Crippen LogP contribution in [0.4, 0.5) is 0 Å². The van der Waals surface area contributed by atoms with Crippen LogP contribution in [0.1, 0.15) is 82.4 Å². The van der Waals surface area contributed by atoms with Crippen LogP contribution in [-0.2, 0) is 9.53 Å². The Balaban J connectivity index is 1.71.